The molecule has 3 heterocycles. The normalized spacial score (nSPS) is 11.4. The van der Waals surface area contributed by atoms with Crippen LogP contribution in [0, 0.1) is 0 Å². The van der Waals surface area contributed by atoms with E-state index >= 15 is 0 Å². The second-order valence-corrected chi connectivity index (χ2v) is 15.4. The highest BCUT2D eigenvalue weighted by Gasteiger charge is 2.17. The highest BCUT2D eigenvalue weighted by molar-refractivity contribution is 7.21. The van der Waals surface area contributed by atoms with E-state index in [1.165, 1.54) is 32.9 Å². The average Bonchev–Trinajstić information content (AvgIpc) is 3.89. The maximum Gasteiger partial charge on any atom is 0.164 e. The summed E-state index contributed by atoms with van der Waals surface area (Å²) in [6, 6.07) is 70.1. The van der Waals surface area contributed by atoms with E-state index in [9.17, 15) is 0 Å². The summed E-state index contributed by atoms with van der Waals surface area (Å²) in [6.45, 7) is 0. The number of hydrogen-bond acceptors (Lipinski definition) is 5. The molecule has 5 nitrogen and oxygen atoms in total. The molecule has 11 aromatic rings. The monoisotopic (exact) mass is 759 g/mol. The molecule has 8 aromatic carbocycles. The van der Waals surface area contributed by atoms with Crippen molar-refractivity contribution in [1.29, 1.82) is 0 Å². The molecule has 0 spiro atoms. The summed E-state index contributed by atoms with van der Waals surface area (Å²) >= 11 is 1.68. The van der Waals surface area contributed by atoms with Crippen molar-refractivity contribution in [3.05, 3.63) is 200 Å². The number of benzene rings is 8. The van der Waals surface area contributed by atoms with Gasteiger partial charge in [0.15, 0.2) is 17.5 Å². The van der Waals surface area contributed by atoms with Crippen molar-refractivity contribution in [3.63, 3.8) is 0 Å². The summed E-state index contributed by atoms with van der Waals surface area (Å²) in [6.07, 6.45) is 0. The minimum Gasteiger partial charge on any atom is -0.309 e. The van der Waals surface area contributed by atoms with Gasteiger partial charge in [0, 0.05) is 38.7 Å². The number of thiazole rings is 1. The molecule has 0 atom stereocenters. The summed E-state index contributed by atoms with van der Waals surface area (Å²) in [5.74, 6) is 1.92. The van der Waals surface area contributed by atoms with Crippen LogP contribution >= 0.6 is 11.3 Å². The van der Waals surface area contributed by atoms with Crippen LogP contribution in [0.2, 0.25) is 0 Å². The summed E-state index contributed by atoms with van der Waals surface area (Å²) in [4.78, 5) is 19.9. The molecule has 0 amide bonds. The van der Waals surface area contributed by atoms with Gasteiger partial charge in [-0.25, -0.2) is 19.9 Å². The first kappa shape index (κ1) is 33.8. The zero-order valence-electron chi connectivity index (χ0n) is 31.2. The third kappa shape index (κ3) is 6.13. The van der Waals surface area contributed by atoms with Gasteiger partial charge in [-0.15, -0.1) is 11.3 Å². The van der Waals surface area contributed by atoms with Crippen LogP contribution in [-0.2, 0) is 0 Å². The zero-order valence-corrected chi connectivity index (χ0v) is 32.0. The predicted molar refractivity (Wildman–Crippen MR) is 240 cm³/mol. The van der Waals surface area contributed by atoms with E-state index in [-0.39, 0.29) is 0 Å². The Balaban J connectivity index is 0.981. The fourth-order valence-electron chi connectivity index (χ4n) is 7.82. The predicted octanol–water partition coefficient (Wildman–Crippen LogP) is 13.6. The van der Waals surface area contributed by atoms with Crippen molar-refractivity contribution in [2.75, 3.05) is 0 Å². The van der Waals surface area contributed by atoms with Crippen LogP contribution in [0.15, 0.2) is 200 Å². The summed E-state index contributed by atoms with van der Waals surface area (Å²) < 4.78 is 3.45. The Morgan fingerprint density at radius 2 is 0.793 bits per heavy atom. The third-order valence-corrected chi connectivity index (χ3v) is 11.7. The second-order valence-electron chi connectivity index (χ2n) is 14.3. The minimum atomic E-state index is 0.631. The van der Waals surface area contributed by atoms with Gasteiger partial charge < -0.3 is 4.57 Å². The maximum atomic E-state index is 5.11. The van der Waals surface area contributed by atoms with Crippen molar-refractivity contribution < 1.29 is 0 Å². The smallest absolute Gasteiger partial charge is 0.164 e. The van der Waals surface area contributed by atoms with E-state index in [1.807, 2.05) is 60.7 Å². The summed E-state index contributed by atoms with van der Waals surface area (Å²) in [5, 5.41) is 3.41. The first-order valence-electron chi connectivity index (χ1n) is 19.3. The van der Waals surface area contributed by atoms with Gasteiger partial charge in [-0.1, -0.05) is 140 Å². The SMILES string of the molecule is c1ccc(-c2ccc3c(c2)c2cc(-c4cccc(-c5nc6ccc(-c7nc(-c8ccccc8)nc(-c8ccccc8)n7)cc6s5)c4)ccc2n3-c2ccccc2)cc1. The highest BCUT2D eigenvalue weighted by atomic mass is 32.1. The fourth-order valence-corrected chi connectivity index (χ4v) is 8.83. The highest BCUT2D eigenvalue weighted by Crippen LogP contribution is 2.39. The number of fused-ring (bicyclic) bond motifs is 4. The first-order chi connectivity index (χ1) is 28.7. The lowest BCUT2D eigenvalue weighted by atomic mass is 9.99. The van der Waals surface area contributed by atoms with Crippen LogP contribution in [-0.4, -0.2) is 24.5 Å². The molecule has 0 bridgehead atoms. The van der Waals surface area contributed by atoms with Gasteiger partial charge in [-0.2, -0.15) is 0 Å². The minimum absolute atomic E-state index is 0.631. The van der Waals surface area contributed by atoms with E-state index in [0.29, 0.717) is 17.5 Å². The topological polar surface area (TPSA) is 56.5 Å². The third-order valence-electron chi connectivity index (χ3n) is 10.7. The van der Waals surface area contributed by atoms with E-state index in [4.69, 9.17) is 19.9 Å². The largest absolute Gasteiger partial charge is 0.309 e. The Bertz CT molecular complexity index is 3210. The standard InChI is InChI=1S/C52H33N5S/c1-5-14-34(15-6-1)38-25-28-46-43(31-38)44-32-39(26-29-47(44)57(46)42-22-11-4-12-23-42)37-20-13-21-41(30-37)52-53-45-27-24-40(33-48(45)58-52)51-55-49(35-16-7-2-8-17-35)54-50(56-51)36-18-9-3-10-19-36/h1-33H. The van der Waals surface area contributed by atoms with Crippen LogP contribution < -0.4 is 0 Å². The van der Waals surface area contributed by atoms with Gasteiger partial charge in [-0.3, -0.25) is 0 Å². The van der Waals surface area contributed by atoms with Crippen LogP contribution in [0.25, 0.3) is 105 Å². The van der Waals surface area contributed by atoms with E-state index < -0.39 is 0 Å². The lowest BCUT2D eigenvalue weighted by Crippen LogP contribution is -1.99. The average molecular weight is 760 g/mol. The van der Waals surface area contributed by atoms with Crippen molar-refractivity contribution >= 4 is 43.4 Å². The molecule has 11 rings (SSSR count). The van der Waals surface area contributed by atoms with Crippen LogP contribution in [0.5, 0.6) is 0 Å². The van der Waals surface area contributed by atoms with Gasteiger partial charge in [0.25, 0.3) is 0 Å². The molecular weight excluding hydrogens is 727 g/mol. The molecule has 6 heteroatoms. The van der Waals surface area contributed by atoms with Crippen molar-refractivity contribution in [2.24, 2.45) is 0 Å². The Kier molecular flexibility index (Phi) is 8.26. The maximum absolute atomic E-state index is 5.11. The van der Waals surface area contributed by atoms with E-state index in [1.54, 1.807) is 11.3 Å². The van der Waals surface area contributed by atoms with Gasteiger partial charge in [0.05, 0.1) is 21.3 Å². The van der Waals surface area contributed by atoms with Crippen molar-refractivity contribution in [3.8, 4) is 72.7 Å². The number of rotatable bonds is 7. The molecule has 0 aliphatic rings. The molecule has 0 aliphatic carbocycles. The van der Waals surface area contributed by atoms with Gasteiger partial charge in [-0.05, 0) is 82.9 Å². The lowest BCUT2D eigenvalue weighted by Gasteiger charge is -2.09. The molecule has 0 radical (unpaired) electrons. The molecular formula is C52H33N5S. The Morgan fingerprint density at radius 3 is 1.40 bits per heavy atom. The van der Waals surface area contributed by atoms with Crippen LogP contribution in [0.1, 0.15) is 0 Å². The molecule has 0 saturated carbocycles. The molecule has 3 aromatic heterocycles. The molecule has 0 aliphatic heterocycles. The van der Waals surface area contributed by atoms with Gasteiger partial charge in [0.1, 0.15) is 5.01 Å². The van der Waals surface area contributed by atoms with E-state index in [2.05, 4.69) is 144 Å². The number of nitrogens with zero attached hydrogens (tertiary/aromatic N) is 5. The number of hydrogen-bond donors (Lipinski definition) is 0. The van der Waals surface area contributed by atoms with Crippen molar-refractivity contribution in [1.82, 2.24) is 24.5 Å². The molecule has 0 fully saturated rings. The second kappa shape index (κ2) is 14.2. The number of para-hydroxylation sites is 1. The van der Waals surface area contributed by atoms with Gasteiger partial charge in [0.2, 0.25) is 0 Å². The molecule has 0 unspecified atom stereocenters. The Morgan fingerprint density at radius 1 is 0.328 bits per heavy atom. The van der Waals surface area contributed by atoms with Crippen LogP contribution in [0.3, 0.4) is 0 Å². The van der Waals surface area contributed by atoms with Crippen LogP contribution in [0.4, 0.5) is 0 Å². The fraction of sp³-hybridized carbons (Fsp3) is 0. The zero-order chi connectivity index (χ0) is 38.4. The lowest BCUT2D eigenvalue weighted by molar-refractivity contribution is 1.07. The first-order valence-corrected chi connectivity index (χ1v) is 20.1. The quantitative estimate of drug-likeness (QED) is 0.162. The Labute approximate surface area is 339 Å². The number of aromatic nitrogens is 5. The van der Waals surface area contributed by atoms with E-state index in [0.717, 1.165) is 54.3 Å². The van der Waals surface area contributed by atoms with Gasteiger partial charge >= 0.3 is 0 Å². The molecule has 58 heavy (non-hydrogen) atoms. The van der Waals surface area contributed by atoms with Crippen molar-refractivity contribution in [2.45, 2.75) is 0 Å². The molecule has 272 valence electrons. The Hall–Kier alpha value is -7.54. The molecule has 0 N–H and O–H groups in total. The molecule has 0 saturated heterocycles. The summed E-state index contributed by atoms with van der Waals surface area (Å²) in [7, 11) is 0. The summed E-state index contributed by atoms with van der Waals surface area (Å²) in [5.41, 5.74) is 13.1.